The summed E-state index contributed by atoms with van der Waals surface area (Å²) >= 11 is 0. The van der Waals surface area contributed by atoms with E-state index in [1.54, 1.807) is 0 Å². The summed E-state index contributed by atoms with van der Waals surface area (Å²) in [4.78, 5) is 2.74. The molecule has 1 heterocycles. The van der Waals surface area contributed by atoms with E-state index in [2.05, 4.69) is 10.1 Å². The third kappa shape index (κ3) is 2.35. The second kappa shape index (κ2) is 4.97. The summed E-state index contributed by atoms with van der Waals surface area (Å²) in [5.74, 6) is 1.65. The molecule has 0 amide bonds. The number of hydrogen-bond acceptors (Lipinski definition) is 3. The van der Waals surface area contributed by atoms with E-state index in [0.29, 0.717) is 0 Å². The van der Waals surface area contributed by atoms with Crippen LogP contribution < -0.4 is 0 Å². The monoisotopic (exact) mass is 236 g/mol. The largest absolute Gasteiger partial charge is 0.411 e. The van der Waals surface area contributed by atoms with Gasteiger partial charge in [-0.2, -0.15) is 0 Å². The van der Waals surface area contributed by atoms with Crippen LogP contribution in [-0.2, 0) is 0 Å². The molecule has 3 heteroatoms. The molecular weight excluding hydrogens is 212 g/mol. The Hall–Kier alpha value is -0.570. The van der Waals surface area contributed by atoms with Gasteiger partial charge in [0.25, 0.3) is 0 Å². The molecule has 0 radical (unpaired) electrons. The number of oxime groups is 1. The lowest BCUT2D eigenvalue weighted by molar-refractivity contribution is 0.182. The Morgan fingerprint density at radius 1 is 1.00 bits per heavy atom. The summed E-state index contributed by atoms with van der Waals surface area (Å²) in [5.41, 5.74) is 1.04. The fourth-order valence-electron chi connectivity index (χ4n) is 4.13. The summed E-state index contributed by atoms with van der Waals surface area (Å²) in [6.07, 6.45) is 10.5. The van der Waals surface area contributed by atoms with Crippen LogP contribution in [0.25, 0.3) is 0 Å². The van der Waals surface area contributed by atoms with Gasteiger partial charge in [-0.25, -0.2) is 0 Å². The van der Waals surface area contributed by atoms with E-state index >= 15 is 0 Å². The molecule has 3 nitrogen and oxygen atoms in total. The molecule has 2 unspecified atom stereocenters. The minimum absolute atomic E-state index is 0.775. The average molecular weight is 236 g/mol. The molecule has 0 aromatic rings. The normalized spacial score (nSPS) is 38.5. The van der Waals surface area contributed by atoms with E-state index in [-0.39, 0.29) is 0 Å². The van der Waals surface area contributed by atoms with Gasteiger partial charge in [0.15, 0.2) is 0 Å². The highest BCUT2D eigenvalue weighted by molar-refractivity contribution is 5.84. The standard InChI is InChI=1S/C14H24N2O/c17-15-13-7-6-11-9-16(10-12(11)8-13)14-4-2-1-3-5-14/h11-12,14,17H,1-10H2. The van der Waals surface area contributed by atoms with Crippen molar-refractivity contribution < 1.29 is 5.21 Å². The van der Waals surface area contributed by atoms with Crippen LogP contribution in [0, 0.1) is 11.8 Å². The molecule has 1 N–H and O–H groups in total. The third-order valence-corrected chi connectivity index (χ3v) is 5.14. The van der Waals surface area contributed by atoms with E-state index in [1.807, 2.05) is 0 Å². The van der Waals surface area contributed by atoms with E-state index in [9.17, 15) is 0 Å². The quantitative estimate of drug-likeness (QED) is 0.561. The van der Waals surface area contributed by atoms with Crippen molar-refractivity contribution in [2.45, 2.75) is 57.4 Å². The SMILES string of the molecule is ON=C1CCC2CN(C3CCCCC3)CC2C1. The van der Waals surface area contributed by atoms with Crippen molar-refractivity contribution in [3.8, 4) is 0 Å². The zero-order valence-electron chi connectivity index (χ0n) is 10.6. The number of nitrogens with zero attached hydrogens (tertiary/aromatic N) is 2. The molecule has 2 atom stereocenters. The molecule has 17 heavy (non-hydrogen) atoms. The summed E-state index contributed by atoms with van der Waals surface area (Å²) in [6.45, 7) is 2.57. The molecule has 2 saturated carbocycles. The van der Waals surface area contributed by atoms with Crippen LogP contribution in [0.3, 0.4) is 0 Å². The lowest BCUT2D eigenvalue weighted by atomic mass is 9.81. The van der Waals surface area contributed by atoms with Gasteiger partial charge >= 0.3 is 0 Å². The van der Waals surface area contributed by atoms with Crippen LogP contribution in [0.1, 0.15) is 51.4 Å². The summed E-state index contributed by atoms with van der Waals surface area (Å²) < 4.78 is 0. The van der Waals surface area contributed by atoms with Gasteiger partial charge in [-0.3, -0.25) is 4.90 Å². The van der Waals surface area contributed by atoms with Crippen LogP contribution in [-0.4, -0.2) is 35.0 Å². The van der Waals surface area contributed by atoms with Crippen molar-refractivity contribution in [3.05, 3.63) is 0 Å². The predicted molar refractivity (Wildman–Crippen MR) is 68.5 cm³/mol. The Morgan fingerprint density at radius 3 is 2.53 bits per heavy atom. The maximum Gasteiger partial charge on any atom is 0.0574 e. The fraction of sp³-hybridized carbons (Fsp3) is 0.929. The molecular formula is C14H24N2O. The first kappa shape index (κ1) is 11.5. The van der Waals surface area contributed by atoms with E-state index < -0.39 is 0 Å². The van der Waals surface area contributed by atoms with Crippen molar-refractivity contribution in [2.75, 3.05) is 13.1 Å². The lowest BCUT2D eigenvalue weighted by Crippen LogP contribution is -2.35. The molecule has 0 bridgehead atoms. The van der Waals surface area contributed by atoms with Crippen molar-refractivity contribution in [2.24, 2.45) is 17.0 Å². The van der Waals surface area contributed by atoms with Gasteiger partial charge in [0.2, 0.25) is 0 Å². The van der Waals surface area contributed by atoms with Crippen LogP contribution >= 0.6 is 0 Å². The van der Waals surface area contributed by atoms with Crippen molar-refractivity contribution in [1.82, 2.24) is 4.90 Å². The van der Waals surface area contributed by atoms with Crippen LogP contribution in [0.5, 0.6) is 0 Å². The third-order valence-electron chi connectivity index (χ3n) is 5.14. The zero-order valence-corrected chi connectivity index (χ0v) is 10.6. The van der Waals surface area contributed by atoms with Gasteiger partial charge < -0.3 is 5.21 Å². The summed E-state index contributed by atoms with van der Waals surface area (Å²) in [7, 11) is 0. The molecule has 0 spiro atoms. The van der Waals surface area contributed by atoms with E-state index in [4.69, 9.17) is 5.21 Å². The Bertz CT molecular complexity index is 297. The second-order valence-corrected chi connectivity index (χ2v) is 6.17. The van der Waals surface area contributed by atoms with Gasteiger partial charge in [0.1, 0.15) is 0 Å². The first-order valence-corrected chi connectivity index (χ1v) is 7.30. The maximum atomic E-state index is 8.90. The van der Waals surface area contributed by atoms with E-state index in [1.165, 1.54) is 51.6 Å². The molecule has 96 valence electrons. The number of hydrogen-bond donors (Lipinski definition) is 1. The predicted octanol–water partition coefficient (Wildman–Crippen LogP) is 2.88. The molecule has 0 aromatic carbocycles. The van der Waals surface area contributed by atoms with Crippen LogP contribution in [0.4, 0.5) is 0 Å². The highest BCUT2D eigenvalue weighted by Crippen LogP contribution is 2.37. The molecule has 3 fully saturated rings. The van der Waals surface area contributed by atoms with Crippen LogP contribution in [0.2, 0.25) is 0 Å². The molecule has 3 rings (SSSR count). The highest BCUT2D eigenvalue weighted by Gasteiger charge is 2.39. The van der Waals surface area contributed by atoms with Crippen LogP contribution in [0.15, 0.2) is 5.16 Å². The Kier molecular flexibility index (Phi) is 3.37. The van der Waals surface area contributed by atoms with Gasteiger partial charge in [0, 0.05) is 19.1 Å². The maximum absolute atomic E-state index is 8.90. The number of fused-ring (bicyclic) bond motifs is 1. The highest BCUT2D eigenvalue weighted by atomic mass is 16.4. The van der Waals surface area contributed by atoms with Gasteiger partial charge in [0.05, 0.1) is 5.71 Å². The molecule has 2 aliphatic carbocycles. The number of rotatable bonds is 1. The molecule has 1 aliphatic heterocycles. The van der Waals surface area contributed by atoms with E-state index in [0.717, 1.165) is 36.4 Å². The molecule has 1 saturated heterocycles. The number of likely N-dealkylation sites (tertiary alicyclic amines) is 1. The topological polar surface area (TPSA) is 35.8 Å². The Labute approximate surface area is 104 Å². The molecule has 0 aromatic heterocycles. The van der Waals surface area contributed by atoms with Crippen molar-refractivity contribution in [3.63, 3.8) is 0 Å². The van der Waals surface area contributed by atoms with Gasteiger partial charge in [-0.1, -0.05) is 24.4 Å². The average Bonchev–Trinajstić information content (AvgIpc) is 2.82. The Morgan fingerprint density at radius 2 is 1.76 bits per heavy atom. The van der Waals surface area contributed by atoms with Gasteiger partial charge in [-0.15, -0.1) is 0 Å². The minimum Gasteiger partial charge on any atom is -0.411 e. The van der Waals surface area contributed by atoms with Crippen molar-refractivity contribution in [1.29, 1.82) is 0 Å². The first-order valence-electron chi connectivity index (χ1n) is 7.30. The second-order valence-electron chi connectivity index (χ2n) is 6.17. The first-order chi connectivity index (χ1) is 8.36. The smallest absolute Gasteiger partial charge is 0.0574 e. The lowest BCUT2D eigenvalue weighted by Gasteiger charge is -2.31. The van der Waals surface area contributed by atoms with Crippen molar-refractivity contribution >= 4 is 5.71 Å². The Balaban J connectivity index is 1.60. The summed E-state index contributed by atoms with van der Waals surface area (Å²) in [6, 6.07) is 0.865. The molecule has 3 aliphatic rings. The van der Waals surface area contributed by atoms with Gasteiger partial charge in [-0.05, 0) is 43.9 Å². The minimum atomic E-state index is 0.775. The fourth-order valence-corrected chi connectivity index (χ4v) is 4.13. The summed E-state index contributed by atoms with van der Waals surface area (Å²) in [5, 5.41) is 12.3. The zero-order chi connectivity index (χ0) is 11.7.